The second kappa shape index (κ2) is 4.76. The Morgan fingerprint density at radius 3 is 2.89 bits per heavy atom. The van der Waals surface area contributed by atoms with Crippen LogP contribution in [0.4, 0.5) is 4.79 Å². The fourth-order valence-electron chi connectivity index (χ4n) is 1.75. The van der Waals surface area contributed by atoms with Gasteiger partial charge in [0.2, 0.25) is 0 Å². The maximum atomic E-state index is 11.4. The summed E-state index contributed by atoms with van der Waals surface area (Å²) in [6.07, 6.45) is 1.47. The van der Waals surface area contributed by atoms with E-state index in [0.717, 1.165) is 18.6 Å². The number of benzene rings is 1. The van der Waals surface area contributed by atoms with E-state index in [9.17, 15) is 4.79 Å². The van der Waals surface area contributed by atoms with Crippen LogP contribution in [0, 0.1) is 0 Å². The van der Waals surface area contributed by atoms with Crippen molar-refractivity contribution in [1.29, 1.82) is 0 Å². The monoisotopic (exact) mass is 249 g/mol. The van der Waals surface area contributed by atoms with Crippen LogP contribution < -0.4 is 14.8 Å². The van der Waals surface area contributed by atoms with Crippen LogP contribution in [0.25, 0.3) is 0 Å². The highest BCUT2D eigenvalue weighted by Crippen LogP contribution is 2.30. The number of alkyl carbamates (subject to hydrolysis) is 1. The Hall–Kier alpha value is -1.91. The van der Waals surface area contributed by atoms with Gasteiger partial charge in [0, 0.05) is 6.04 Å². The lowest BCUT2D eigenvalue weighted by Crippen LogP contribution is -2.36. The Morgan fingerprint density at radius 1 is 1.33 bits per heavy atom. The maximum absolute atomic E-state index is 11.4. The zero-order valence-corrected chi connectivity index (χ0v) is 9.93. The Bertz CT molecular complexity index is 444. The van der Waals surface area contributed by atoms with Gasteiger partial charge in [0.15, 0.2) is 17.6 Å². The summed E-state index contributed by atoms with van der Waals surface area (Å²) < 4.78 is 16.3. The Kier molecular flexibility index (Phi) is 2.96. The van der Waals surface area contributed by atoms with Crippen molar-refractivity contribution in [2.45, 2.75) is 25.0 Å². The second-order valence-corrected chi connectivity index (χ2v) is 4.51. The van der Waals surface area contributed by atoms with Crippen LogP contribution in [0.5, 0.6) is 11.5 Å². The molecule has 1 aromatic rings. The molecule has 1 aromatic carbocycles. The summed E-state index contributed by atoms with van der Waals surface area (Å²) >= 11 is 0. The van der Waals surface area contributed by atoms with Crippen LogP contribution >= 0.6 is 0 Å². The molecule has 1 heterocycles. The molecular weight excluding hydrogens is 234 g/mol. The first kappa shape index (κ1) is 11.2. The molecule has 5 nitrogen and oxygen atoms in total. The number of rotatable bonds is 3. The average Bonchev–Trinajstić information content (AvgIpc) is 3.20. The van der Waals surface area contributed by atoms with Crippen molar-refractivity contribution in [3.8, 4) is 11.5 Å². The van der Waals surface area contributed by atoms with Gasteiger partial charge in [-0.2, -0.15) is 0 Å². The van der Waals surface area contributed by atoms with Gasteiger partial charge in [0.1, 0.15) is 13.2 Å². The van der Waals surface area contributed by atoms with Gasteiger partial charge >= 0.3 is 6.09 Å². The first-order chi connectivity index (χ1) is 8.81. The van der Waals surface area contributed by atoms with Gasteiger partial charge in [-0.1, -0.05) is 12.1 Å². The predicted molar refractivity (Wildman–Crippen MR) is 63.9 cm³/mol. The molecular formula is C13H15NO4. The summed E-state index contributed by atoms with van der Waals surface area (Å²) in [4.78, 5) is 11.4. The second-order valence-electron chi connectivity index (χ2n) is 4.51. The number of para-hydroxylation sites is 2. The van der Waals surface area contributed by atoms with E-state index in [2.05, 4.69) is 5.32 Å². The van der Waals surface area contributed by atoms with E-state index < -0.39 is 0 Å². The van der Waals surface area contributed by atoms with E-state index >= 15 is 0 Å². The molecule has 0 aromatic heterocycles. The number of carbonyl (C=O) groups is 1. The number of ether oxygens (including phenoxy) is 3. The van der Waals surface area contributed by atoms with Gasteiger partial charge in [-0.05, 0) is 25.0 Å². The summed E-state index contributed by atoms with van der Waals surface area (Å²) in [5.74, 6) is 1.43. The van der Waals surface area contributed by atoms with Crippen LogP contribution in [-0.2, 0) is 4.74 Å². The van der Waals surface area contributed by atoms with Crippen LogP contribution in [0.15, 0.2) is 24.3 Å². The highest BCUT2D eigenvalue weighted by Gasteiger charge is 2.26. The highest BCUT2D eigenvalue weighted by molar-refractivity contribution is 5.68. The SMILES string of the molecule is O=C(NC1CC1)OCC1COc2ccccc2O1. The smallest absolute Gasteiger partial charge is 0.407 e. The quantitative estimate of drug-likeness (QED) is 0.886. The molecule has 1 atom stereocenters. The molecule has 0 spiro atoms. The zero-order valence-electron chi connectivity index (χ0n) is 9.93. The largest absolute Gasteiger partial charge is 0.486 e. The number of hydrogen-bond donors (Lipinski definition) is 1. The Morgan fingerprint density at radius 2 is 2.11 bits per heavy atom. The zero-order chi connectivity index (χ0) is 12.4. The lowest BCUT2D eigenvalue weighted by molar-refractivity contribution is 0.0334. The normalized spacial score (nSPS) is 21.2. The molecule has 1 aliphatic heterocycles. The molecule has 3 rings (SSSR count). The first-order valence-electron chi connectivity index (χ1n) is 6.13. The summed E-state index contributed by atoms with van der Waals surface area (Å²) in [6.45, 7) is 0.598. The van der Waals surface area contributed by atoms with Crippen LogP contribution in [0.2, 0.25) is 0 Å². The fraction of sp³-hybridized carbons (Fsp3) is 0.462. The molecule has 18 heavy (non-hydrogen) atoms. The van der Waals surface area contributed by atoms with Crippen molar-refractivity contribution in [3.63, 3.8) is 0 Å². The van der Waals surface area contributed by atoms with Gasteiger partial charge < -0.3 is 19.5 Å². The first-order valence-corrected chi connectivity index (χ1v) is 6.13. The van der Waals surface area contributed by atoms with E-state index in [1.54, 1.807) is 0 Å². The standard InChI is InChI=1S/C13H15NO4/c15-13(14-9-5-6-9)17-8-10-7-16-11-3-1-2-4-12(11)18-10/h1-4,9-10H,5-8H2,(H,14,15). The van der Waals surface area contributed by atoms with Crippen LogP contribution in [0.3, 0.4) is 0 Å². The van der Waals surface area contributed by atoms with Crippen LogP contribution in [-0.4, -0.2) is 31.5 Å². The van der Waals surface area contributed by atoms with Gasteiger partial charge in [-0.25, -0.2) is 4.79 Å². The molecule has 0 radical (unpaired) electrons. The van der Waals surface area contributed by atoms with E-state index in [1.165, 1.54) is 0 Å². The van der Waals surface area contributed by atoms with Crippen molar-refractivity contribution in [2.75, 3.05) is 13.2 Å². The Labute approximate surface area is 105 Å². The minimum Gasteiger partial charge on any atom is -0.486 e. The average molecular weight is 249 g/mol. The van der Waals surface area contributed by atoms with Crippen molar-refractivity contribution >= 4 is 6.09 Å². The summed E-state index contributed by atoms with van der Waals surface area (Å²) in [5.41, 5.74) is 0. The topological polar surface area (TPSA) is 56.8 Å². The molecule has 1 amide bonds. The van der Waals surface area contributed by atoms with Gasteiger partial charge in [-0.15, -0.1) is 0 Å². The van der Waals surface area contributed by atoms with Gasteiger partial charge in [-0.3, -0.25) is 0 Å². The molecule has 2 aliphatic rings. The van der Waals surface area contributed by atoms with Crippen molar-refractivity contribution in [1.82, 2.24) is 5.32 Å². The number of hydrogen-bond acceptors (Lipinski definition) is 4. The van der Waals surface area contributed by atoms with Crippen molar-refractivity contribution in [2.24, 2.45) is 0 Å². The Balaban J connectivity index is 1.48. The molecule has 1 aliphatic carbocycles. The van der Waals surface area contributed by atoms with E-state index in [-0.39, 0.29) is 18.8 Å². The van der Waals surface area contributed by atoms with Crippen molar-refractivity contribution in [3.05, 3.63) is 24.3 Å². The number of amides is 1. The minimum absolute atomic E-state index is 0.201. The van der Waals surface area contributed by atoms with Gasteiger partial charge in [0.05, 0.1) is 0 Å². The fourth-order valence-corrected chi connectivity index (χ4v) is 1.75. The molecule has 1 unspecified atom stereocenters. The molecule has 1 saturated carbocycles. The van der Waals surface area contributed by atoms with Gasteiger partial charge in [0.25, 0.3) is 0 Å². The van der Waals surface area contributed by atoms with E-state index in [1.807, 2.05) is 24.3 Å². The van der Waals surface area contributed by atoms with Crippen LogP contribution in [0.1, 0.15) is 12.8 Å². The lowest BCUT2D eigenvalue weighted by Gasteiger charge is -2.25. The molecule has 1 N–H and O–H groups in total. The number of fused-ring (bicyclic) bond motifs is 1. The molecule has 1 fully saturated rings. The molecule has 5 heteroatoms. The molecule has 0 bridgehead atoms. The summed E-state index contributed by atoms with van der Waals surface area (Å²) in [5, 5.41) is 2.76. The molecule has 96 valence electrons. The lowest BCUT2D eigenvalue weighted by atomic mass is 10.3. The third kappa shape index (κ3) is 2.67. The molecule has 0 saturated heterocycles. The number of carbonyl (C=O) groups excluding carboxylic acids is 1. The third-order valence-corrected chi connectivity index (χ3v) is 2.87. The highest BCUT2D eigenvalue weighted by atomic mass is 16.6. The van der Waals surface area contributed by atoms with E-state index in [0.29, 0.717) is 18.4 Å². The van der Waals surface area contributed by atoms with E-state index in [4.69, 9.17) is 14.2 Å². The predicted octanol–water partition coefficient (Wildman–Crippen LogP) is 1.71. The number of nitrogens with one attached hydrogen (secondary N) is 1. The van der Waals surface area contributed by atoms with Crippen molar-refractivity contribution < 1.29 is 19.0 Å². The minimum atomic E-state index is -0.375. The third-order valence-electron chi connectivity index (χ3n) is 2.87. The maximum Gasteiger partial charge on any atom is 0.407 e. The summed E-state index contributed by atoms with van der Waals surface area (Å²) in [6, 6.07) is 7.77. The summed E-state index contributed by atoms with van der Waals surface area (Å²) in [7, 11) is 0.